The highest BCUT2D eigenvalue weighted by Crippen LogP contribution is 2.26. The van der Waals surface area contributed by atoms with Crippen molar-refractivity contribution in [2.75, 3.05) is 0 Å². The molecule has 1 heterocycles. The summed E-state index contributed by atoms with van der Waals surface area (Å²) in [7, 11) is -4.05. The normalized spacial score (nSPS) is 11.5. The molecule has 0 saturated carbocycles. The van der Waals surface area contributed by atoms with E-state index in [0.29, 0.717) is 18.0 Å². The smallest absolute Gasteiger partial charge is 0.283 e. The molecule has 186 valence electrons. The third-order valence-electron chi connectivity index (χ3n) is 5.75. The molecule has 0 saturated heterocycles. The molecule has 0 aliphatic carbocycles. The highest BCUT2D eigenvalue weighted by molar-refractivity contribution is 7.90. The molecule has 1 N–H and O–H groups in total. The molecule has 0 radical (unpaired) electrons. The lowest BCUT2D eigenvalue weighted by molar-refractivity contribution is 0.0971. The Balaban J connectivity index is 1.75. The van der Waals surface area contributed by atoms with Crippen molar-refractivity contribution in [3.05, 3.63) is 101 Å². The number of carbonyl (C=O) groups excluding carboxylic acids is 1. The fraction of sp³-hybridized carbons (Fsp3) is 0.214. The molecular formula is C28H29N3O4S. The number of hydrogen-bond acceptors (Lipinski definition) is 5. The minimum absolute atomic E-state index is 0.00590. The number of aromatic nitrogens is 2. The third kappa shape index (κ3) is 5.66. The van der Waals surface area contributed by atoms with Gasteiger partial charge >= 0.3 is 0 Å². The van der Waals surface area contributed by atoms with Crippen molar-refractivity contribution >= 4 is 15.9 Å². The van der Waals surface area contributed by atoms with E-state index in [1.54, 1.807) is 28.9 Å². The molecule has 7 nitrogen and oxygen atoms in total. The molecule has 0 atom stereocenters. The number of carbonyl (C=O) groups is 1. The van der Waals surface area contributed by atoms with E-state index in [2.05, 4.69) is 4.72 Å². The van der Waals surface area contributed by atoms with Crippen LogP contribution in [0.25, 0.3) is 11.3 Å². The Morgan fingerprint density at radius 1 is 0.944 bits per heavy atom. The molecule has 0 aliphatic rings. The lowest BCUT2D eigenvalue weighted by Gasteiger charge is -2.13. The number of nitrogens with zero attached hydrogens (tertiary/aromatic N) is 2. The van der Waals surface area contributed by atoms with Crippen LogP contribution in [0, 0.1) is 13.8 Å². The first-order valence-electron chi connectivity index (χ1n) is 11.7. The number of amides is 1. The zero-order valence-electron chi connectivity index (χ0n) is 20.7. The fourth-order valence-corrected chi connectivity index (χ4v) is 4.93. The van der Waals surface area contributed by atoms with E-state index >= 15 is 0 Å². The molecule has 0 fully saturated rings. The standard InChI is InChI=1S/C28H29N3O4S/c1-19(2)35-23-13-9-12-22(16-23)26-17-27(28(32)30-36(33,34)24-14-6-5-7-15-24)31(29-26)18-25-20(3)10-8-11-21(25)4/h5-17,19H,18H2,1-4H3,(H,30,32). The van der Waals surface area contributed by atoms with E-state index < -0.39 is 15.9 Å². The summed E-state index contributed by atoms with van der Waals surface area (Å²) in [6.07, 6.45) is 0.00590. The summed E-state index contributed by atoms with van der Waals surface area (Å²) in [4.78, 5) is 13.3. The molecule has 36 heavy (non-hydrogen) atoms. The molecule has 1 amide bonds. The van der Waals surface area contributed by atoms with Gasteiger partial charge in [-0.05, 0) is 74.7 Å². The van der Waals surface area contributed by atoms with Gasteiger partial charge in [0.1, 0.15) is 11.4 Å². The maximum absolute atomic E-state index is 13.3. The summed E-state index contributed by atoms with van der Waals surface area (Å²) < 4.78 is 35.2. The van der Waals surface area contributed by atoms with Crippen LogP contribution in [-0.2, 0) is 16.6 Å². The summed E-state index contributed by atoms with van der Waals surface area (Å²) in [5.74, 6) is -0.0668. The van der Waals surface area contributed by atoms with Crippen LogP contribution >= 0.6 is 0 Å². The number of aryl methyl sites for hydroxylation is 2. The van der Waals surface area contributed by atoms with Crippen molar-refractivity contribution in [3.63, 3.8) is 0 Å². The molecule has 8 heteroatoms. The number of rotatable bonds is 8. The largest absolute Gasteiger partial charge is 0.491 e. The minimum atomic E-state index is -4.05. The van der Waals surface area contributed by atoms with E-state index in [4.69, 9.17) is 9.84 Å². The van der Waals surface area contributed by atoms with Crippen molar-refractivity contribution in [1.82, 2.24) is 14.5 Å². The molecule has 0 bridgehead atoms. The predicted molar refractivity (Wildman–Crippen MR) is 140 cm³/mol. The minimum Gasteiger partial charge on any atom is -0.491 e. The van der Waals surface area contributed by atoms with Gasteiger partial charge in [0.05, 0.1) is 23.2 Å². The van der Waals surface area contributed by atoms with Crippen molar-refractivity contribution in [2.24, 2.45) is 0 Å². The van der Waals surface area contributed by atoms with Gasteiger partial charge in [-0.25, -0.2) is 13.1 Å². The SMILES string of the molecule is Cc1cccc(C)c1Cn1nc(-c2cccc(OC(C)C)c2)cc1C(=O)NS(=O)(=O)c1ccccc1. The van der Waals surface area contributed by atoms with Crippen molar-refractivity contribution in [3.8, 4) is 17.0 Å². The molecule has 3 aromatic carbocycles. The lowest BCUT2D eigenvalue weighted by Crippen LogP contribution is -2.32. The molecule has 1 aromatic heterocycles. The second-order valence-corrected chi connectivity index (χ2v) is 10.6. The molecule has 0 aliphatic heterocycles. The number of nitrogens with one attached hydrogen (secondary N) is 1. The second-order valence-electron chi connectivity index (χ2n) is 8.88. The molecule has 0 spiro atoms. The Morgan fingerprint density at radius 3 is 2.28 bits per heavy atom. The molecule has 4 aromatic rings. The van der Waals surface area contributed by atoms with Gasteiger partial charge < -0.3 is 4.74 Å². The first-order valence-corrected chi connectivity index (χ1v) is 13.1. The van der Waals surface area contributed by atoms with E-state index in [-0.39, 0.29) is 16.7 Å². The van der Waals surface area contributed by atoms with Crippen LogP contribution < -0.4 is 9.46 Å². The highest BCUT2D eigenvalue weighted by atomic mass is 32.2. The van der Waals surface area contributed by atoms with Crippen molar-refractivity contribution in [1.29, 1.82) is 0 Å². The Labute approximate surface area is 211 Å². The average molecular weight is 504 g/mol. The van der Waals surface area contributed by atoms with Gasteiger partial charge in [-0.2, -0.15) is 5.10 Å². The van der Waals surface area contributed by atoms with Gasteiger partial charge in [0.15, 0.2) is 0 Å². The van der Waals surface area contributed by atoms with Gasteiger partial charge in [-0.15, -0.1) is 0 Å². The quantitative estimate of drug-likeness (QED) is 0.360. The Hall–Kier alpha value is -3.91. The van der Waals surface area contributed by atoms with Crippen LogP contribution in [0.3, 0.4) is 0 Å². The van der Waals surface area contributed by atoms with Crippen LogP contribution in [0.1, 0.15) is 41.0 Å². The summed E-state index contributed by atoms with van der Waals surface area (Å²) >= 11 is 0. The van der Waals surface area contributed by atoms with Gasteiger partial charge in [-0.1, -0.05) is 48.5 Å². The van der Waals surface area contributed by atoms with E-state index in [0.717, 1.165) is 22.3 Å². The zero-order valence-corrected chi connectivity index (χ0v) is 21.5. The Morgan fingerprint density at radius 2 is 1.61 bits per heavy atom. The summed E-state index contributed by atoms with van der Waals surface area (Å²) in [6, 6.07) is 22.8. The van der Waals surface area contributed by atoms with Gasteiger partial charge in [0.25, 0.3) is 15.9 Å². The van der Waals surface area contributed by atoms with Gasteiger partial charge in [0.2, 0.25) is 0 Å². The topological polar surface area (TPSA) is 90.3 Å². The fourth-order valence-electron chi connectivity index (χ4n) is 3.94. The van der Waals surface area contributed by atoms with Crippen LogP contribution in [-0.4, -0.2) is 30.2 Å². The first-order chi connectivity index (χ1) is 17.1. The Bertz CT molecular complexity index is 1470. The lowest BCUT2D eigenvalue weighted by atomic mass is 10.0. The van der Waals surface area contributed by atoms with Crippen LogP contribution in [0.2, 0.25) is 0 Å². The number of sulfonamides is 1. The summed E-state index contributed by atoms with van der Waals surface area (Å²) in [6.45, 7) is 8.20. The van der Waals surface area contributed by atoms with Gasteiger partial charge in [0, 0.05) is 5.56 Å². The van der Waals surface area contributed by atoms with E-state index in [1.807, 2.05) is 70.2 Å². The Kier molecular flexibility index (Phi) is 7.26. The molecular weight excluding hydrogens is 474 g/mol. The van der Waals surface area contributed by atoms with Crippen LogP contribution in [0.4, 0.5) is 0 Å². The van der Waals surface area contributed by atoms with Crippen LogP contribution in [0.5, 0.6) is 5.75 Å². The van der Waals surface area contributed by atoms with Crippen molar-refractivity contribution < 1.29 is 17.9 Å². The summed E-state index contributed by atoms with van der Waals surface area (Å²) in [5.41, 5.74) is 4.57. The number of hydrogen-bond donors (Lipinski definition) is 1. The van der Waals surface area contributed by atoms with Gasteiger partial charge in [-0.3, -0.25) is 9.48 Å². The van der Waals surface area contributed by atoms with E-state index in [1.165, 1.54) is 12.1 Å². The number of ether oxygens (including phenoxy) is 1. The maximum atomic E-state index is 13.3. The van der Waals surface area contributed by atoms with Crippen molar-refractivity contribution in [2.45, 2.75) is 45.2 Å². The van der Waals surface area contributed by atoms with E-state index in [9.17, 15) is 13.2 Å². The molecule has 4 rings (SSSR count). The predicted octanol–water partition coefficient (Wildman–Crippen LogP) is 5.12. The second kappa shape index (κ2) is 10.4. The molecule has 0 unspecified atom stereocenters. The maximum Gasteiger partial charge on any atom is 0.283 e. The van der Waals surface area contributed by atoms with Crippen LogP contribution in [0.15, 0.2) is 83.8 Å². The monoisotopic (exact) mass is 503 g/mol. The summed E-state index contributed by atoms with van der Waals surface area (Å²) in [5, 5.41) is 4.71. The third-order valence-corrected chi connectivity index (χ3v) is 7.09. The average Bonchev–Trinajstić information content (AvgIpc) is 3.26. The number of benzene rings is 3. The first kappa shape index (κ1) is 25.2. The zero-order chi connectivity index (χ0) is 25.9. The highest BCUT2D eigenvalue weighted by Gasteiger charge is 2.23.